The minimum absolute atomic E-state index is 0.0435. The zero-order chi connectivity index (χ0) is 12.3. The van der Waals surface area contributed by atoms with Crippen molar-refractivity contribution in [2.24, 2.45) is 5.92 Å². The van der Waals surface area contributed by atoms with E-state index in [0.717, 1.165) is 35.1 Å². The molecular weight excluding hydrogens is 256 g/mol. The zero-order valence-corrected chi connectivity index (χ0v) is 11.4. The van der Waals surface area contributed by atoms with Gasteiger partial charge >= 0.3 is 0 Å². The van der Waals surface area contributed by atoms with E-state index in [1.165, 1.54) is 11.3 Å². The van der Waals surface area contributed by atoms with Crippen molar-refractivity contribution in [1.82, 2.24) is 10.6 Å². The van der Waals surface area contributed by atoms with Crippen LogP contribution in [0.4, 0.5) is 0 Å². The number of rotatable bonds is 3. The molecule has 0 saturated carbocycles. The molecule has 1 unspecified atom stereocenters. The fraction of sp³-hybridized carbons (Fsp3) is 0.583. The van der Waals surface area contributed by atoms with Gasteiger partial charge in [0, 0.05) is 11.4 Å². The fourth-order valence-electron chi connectivity index (χ4n) is 2.04. The zero-order valence-electron chi connectivity index (χ0n) is 9.83. The molecule has 0 radical (unpaired) electrons. The molecule has 1 aliphatic heterocycles. The molecule has 0 aromatic carbocycles. The van der Waals surface area contributed by atoms with Crippen molar-refractivity contribution in [3.8, 4) is 0 Å². The van der Waals surface area contributed by atoms with E-state index in [-0.39, 0.29) is 17.9 Å². The van der Waals surface area contributed by atoms with Gasteiger partial charge in [-0.15, -0.1) is 11.3 Å². The Morgan fingerprint density at radius 2 is 2.47 bits per heavy atom. The van der Waals surface area contributed by atoms with Crippen molar-refractivity contribution in [1.29, 1.82) is 0 Å². The molecule has 1 saturated heterocycles. The molecule has 1 fully saturated rings. The lowest BCUT2D eigenvalue weighted by atomic mass is 9.98. The predicted molar refractivity (Wildman–Crippen MR) is 71.5 cm³/mol. The molecule has 5 heteroatoms. The highest BCUT2D eigenvalue weighted by Gasteiger charge is 2.22. The first kappa shape index (κ1) is 12.9. The van der Waals surface area contributed by atoms with Crippen LogP contribution in [0, 0.1) is 5.92 Å². The molecule has 0 bridgehead atoms. The molecule has 1 amide bonds. The number of piperidine rings is 1. The number of hydrogen-bond acceptors (Lipinski definition) is 3. The Morgan fingerprint density at radius 1 is 1.65 bits per heavy atom. The Morgan fingerprint density at radius 3 is 3.06 bits per heavy atom. The molecule has 17 heavy (non-hydrogen) atoms. The minimum Gasteiger partial charge on any atom is -0.348 e. The maximum Gasteiger partial charge on any atom is 0.224 e. The van der Waals surface area contributed by atoms with E-state index in [1.54, 1.807) is 0 Å². The van der Waals surface area contributed by atoms with Crippen molar-refractivity contribution in [3.05, 3.63) is 21.3 Å². The summed E-state index contributed by atoms with van der Waals surface area (Å²) in [5, 5.41) is 6.31. The largest absolute Gasteiger partial charge is 0.348 e. The normalized spacial score (nSPS) is 22.1. The van der Waals surface area contributed by atoms with Crippen LogP contribution in [0.25, 0.3) is 0 Å². The number of thiophene rings is 1. The van der Waals surface area contributed by atoms with E-state index < -0.39 is 0 Å². The summed E-state index contributed by atoms with van der Waals surface area (Å²) in [5.41, 5.74) is 0. The lowest BCUT2D eigenvalue weighted by Gasteiger charge is -2.23. The highest BCUT2D eigenvalue weighted by molar-refractivity contribution is 7.16. The van der Waals surface area contributed by atoms with Gasteiger partial charge in [0.05, 0.1) is 16.3 Å². The maximum absolute atomic E-state index is 12.0. The summed E-state index contributed by atoms with van der Waals surface area (Å²) in [6.45, 7) is 3.82. The number of nitrogens with one attached hydrogen (secondary N) is 2. The summed E-state index contributed by atoms with van der Waals surface area (Å²) >= 11 is 7.41. The summed E-state index contributed by atoms with van der Waals surface area (Å²) in [4.78, 5) is 13.1. The van der Waals surface area contributed by atoms with Gasteiger partial charge in [-0.1, -0.05) is 11.6 Å². The first-order valence-corrected chi connectivity index (χ1v) is 7.12. The van der Waals surface area contributed by atoms with Crippen LogP contribution in [0.2, 0.25) is 4.34 Å². The number of carbonyl (C=O) groups excluding carboxylic acids is 1. The lowest BCUT2D eigenvalue weighted by molar-refractivity contribution is -0.126. The van der Waals surface area contributed by atoms with Crippen LogP contribution in [0.3, 0.4) is 0 Å². The van der Waals surface area contributed by atoms with Crippen molar-refractivity contribution >= 4 is 28.8 Å². The Balaban J connectivity index is 1.89. The second-order valence-electron chi connectivity index (χ2n) is 4.42. The fourth-order valence-corrected chi connectivity index (χ4v) is 3.10. The van der Waals surface area contributed by atoms with Crippen molar-refractivity contribution < 1.29 is 4.79 Å². The van der Waals surface area contributed by atoms with Crippen molar-refractivity contribution in [2.45, 2.75) is 25.8 Å². The van der Waals surface area contributed by atoms with E-state index in [0.29, 0.717) is 0 Å². The molecule has 3 nitrogen and oxygen atoms in total. The average molecular weight is 273 g/mol. The summed E-state index contributed by atoms with van der Waals surface area (Å²) in [7, 11) is 0. The van der Waals surface area contributed by atoms with E-state index in [4.69, 9.17) is 11.6 Å². The van der Waals surface area contributed by atoms with Gasteiger partial charge < -0.3 is 10.6 Å². The van der Waals surface area contributed by atoms with Crippen LogP contribution in [0.15, 0.2) is 12.1 Å². The first-order chi connectivity index (χ1) is 8.16. The number of amides is 1. The van der Waals surface area contributed by atoms with Gasteiger partial charge in [0.1, 0.15) is 0 Å². The number of halogens is 1. The summed E-state index contributed by atoms with van der Waals surface area (Å²) < 4.78 is 0.764. The molecular formula is C12H17ClN2OS. The highest BCUT2D eigenvalue weighted by Crippen LogP contribution is 2.27. The van der Waals surface area contributed by atoms with Gasteiger partial charge in [0.2, 0.25) is 5.91 Å². The summed E-state index contributed by atoms with van der Waals surface area (Å²) in [6, 6.07) is 3.88. The number of hydrogen-bond donors (Lipinski definition) is 2. The average Bonchev–Trinajstić information content (AvgIpc) is 2.77. The van der Waals surface area contributed by atoms with Gasteiger partial charge in [-0.2, -0.15) is 0 Å². The number of carbonyl (C=O) groups is 1. The molecule has 2 N–H and O–H groups in total. The third-order valence-corrected chi connectivity index (χ3v) is 4.46. The van der Waals surface area contributed by atoms with Crippen LogP contribution in [0.5, 0.6) is 0 Å². The summed E-state index contributed by atoms with van der Waals surface area (Å²) in [5.74, 6) is 0.260. The Bertz CT molecular complexity index is 388. The molecule has 2 rings (SSSR count). The first-order valence-electron chi connectivity index (χ1n) is 5.93. The van der Waals surface area contributed by atoms with Gasteiger partial charge in [0.25, 0.3) is 0 Å². The SMILES string of the molecule is CC(NC(=O)[C@H]1CCCNC1)c1ccc(Cl)s1. The molecule has 94 valence electrons. The third-order valence-electron chi connectivity index (χ3n) is 3.05. The maximum atomic E-state index is 12.0. The van der Waals surface area contributed by atoms with Gasteiger partial charge in [-0.3, -0.25) is 4.79 Å². The Labute approximate surface area is 111 Å². The molecule has 2 heterocycles. The van der Waals surface area contributed by atoms with Crippen LogP contribution in [0.1, 0.15) is 30.7 Å². The second-order valence-corrected chi connectivity index (χ2v) is 6.16. The van der Waals surface area contributed by atoms with E-state index in [9.17, 15) is 4.79 Å². The van der Waals surface area contributed by atoms with E-state index in [2.05, 4.69) is 10.6 Å². The molecule has 0 aliphatic carbocycles. The van der Waals surface area contributed by atoms with Crippen LogP contribution in [-0.2, 0) is 4.79 Å². The monoisotopic (exact) mass is 272 g/mol. The third kappa shape index (κ3) is 3.44. The van der Waals surface area contributed by atoms with Crippen LogP contribution >= 0.6 is 22.9 Å². The lowest BCUT2D eigenvalue weighted by Crippen LogP contribution is -2.41. The Hall–Kier alpha value is -0.580. The second kappa shape index (κ2) is 5.85. The Kier molecular flexibility index (Phi) is 4.42. The van der Waals surface area contributed by atoms with Gasteiger partial charge in [-0.05, 0) is 38.4 Å². The van der Waals surface area contributed by atoms with E-state index >= 15 is 0 Å². The van der Waals surface area contributed by atoms with E-state index in [1.807, 2.05) is 19.1 Å². The quantitative estimate of drug-likeness (QED) is 0.888. The molecule has 2 atom stereocenters. The van der Waals surface area contributed by atoms with Gasteiger partial charge in [0.15, 0.2) is 0 Å². The smallest absolute Gasteiger partial charge is 0.224 e. The molecule has 0 spiro atoms. The predicted octanol–water partition coefficient (Wildman–Crippen LogP) is 2.58. The summed E-state index contributed by atoms with van der Waals surface area (Å²) in [6.07, 6.45) is 2.06. The topological polar surface area (TPSA) is 41.1 Å². The van der Waals surface area contributed by atoms with Crippen LogP contribution < -0.4 is 10.6 Å². The highest BCUT2D eigenvalue weighted by atomic mass is 35.5. The van der Waals surface area contributed by atoms with Crippen molar-refractivity contribution in [3.63, 3.8) is 0 Å². The minimum atomic E-state index is 0.0435. The van der Waals surface area contributed by atoms with Crippen molar-refractivity contribution in [2.75, 3.05) is 13.1 Å². The van der Waals surface area contributed by atoms with Crippen LogP contribution in [-0.4, -0.2) is 19.0 Å². The van der Waals surface area contributed by atoms with Gasteiger partial charge in [-0.25, -0.2) is 0 Å². The standard InChI is InChI=1S/C12H17ClN2OS/c1-8(10-4-5-11(13)17-10)15-12(16)9-3-2-6-14-7-9/h4-5,8-9,14H,2-3,6-7H2,1H3,(H,15,16)/t8?,9-/m0/s1. The molecule has 1 aromatic rings. The molecule has 1 aliphatic rings. The molecule has 1 aromatic heterocycles.